The number of anilines is 1. The minimum Gasteiger partial charge on any atom is -0.469 e. The number of para-hydroxylation sites is 1. The Bertz CT molecular complexity index is 927. The summed E-state index contributed by atoms with van der Waals surface area (Å²) < 4.78 is 5.49. The summed E-state index contributed by atoms with van der Waals surface area (Å²) in [4.78, 5) is 39.1. The average Bonchev–Trinajstić information content (AvgIpc) is 3.15. The first-order valence-electron chi connectivity index (χ1n) is 8.59. The van der Waals surface area contributed by atoms with Crippen molar-refractivity contribution in [1.82, 2.24) is 0 Å². The molecule has 1 atom stereocenters. The van der Waals surface area contributed by atoms with Gasteiger partial charge in [-0.1, -0.05) is 12.1 Å². The van der Waals surface area contributed by atoms with Crippen LogP contribution in [-0.2, 0) is 9.59 Å². The molecule has 1 unspecified atom stereocenters. The lowest BCUT2D eigenvalue weighted by Crippen LogP contribution is -2.41. The van der Waals surface area contributed by atoms with Crippen LogP contribution in [0.5, 0.6) is 0 Å². The van der Waals surface area contributed by atoms with E-state index in [9.17, 15) is 14.4 Å². The number of furan rings is 1. The minimum atomic E-state index is -0.606. The van der Waals surface area contributed by atoms with Crippen molar-refractivity contribution in [1.29, 1.82) is 0 Å². The van der Waals surface area contributed by atoms with Gasteiger partial charge in [0.15, 0.2) is 5.78 Å². The summed E-state index contributed by atoms with van der Waals surface area (Å²) in [6.45, 7) is 0. The van der Waals surface area contributed by atoms with E-state index in [0.29, 0.717) is 42.0 Å². The van der Waals surface area contributed by atoms with Crippen LogP contribution in [0.1, 0.15) is 47.7 Å². The molecule has 6 nitrogen and oxygen atoms in total. The monoisotopic (exact) mass is 350 g/mol. The van der Waals surface area contributed by atoms with E-state index in [4.69, 9.17) is 10.2 Å². The fourth-order valence-corrected chi connectivity index (χ4v) is 3.88. The highest BCUT2D eigenvalue weighted by Gasteiger charge is 2.41. The van der Waals surface area contributed by atoms with Crippen LogP contribution in [0.2, 0.25) is 0 Å². The number of amides is 2. The third kappa shape index (κ3) is 2.54. The lowest BCUT2D eigenvalue weighted by molar-refractivity contribution is -0.120. The van der Waals surface area contributed by atoms with Crippen molar-refractivity contribution < 1.29 is 18.8 Å². The van der Waals surface area contributed by atoms with Crippen molar-refractivity contribution in [3.8, 4) is 0 Å². The quantitative estimate of drug-likeness (QED) is 0.921. The zero-order chi connectivity index (χ0) is 18.3. The van der Waals surface area contributed by atoms with Gasteiger partial charge in [0.2, 0.25) is 5.91 Å². The van der Waals surface area contributed by atoms with Crippen molar-refractivity contribution in [3.05, 3.63) is 65.3 Å². The molecule has 0 fully saturated rings. The molecular formula is C20H18N2O4. The number of carbonyl (C=O) groups excluding carboxylic acids is 3. The third-order valence-electron chi connectivity index (χ3n) is 4.97. The summed E-state index contributed by atoms with van der Waals surface area (Å²) in [6, 6.07) is 10.3. The molecule has 132 valence electrons. The van der Waals surface area contributed by atoms with Crippen LogP contribution in [0.4, 0.5) is 5.69 Å². The van der Waals surface area contributed by atoms with Gasteiger partial charge in [-0.15, -0.1) is 0 Å². The summed E-state index contributed by atoms with van der Waals surface area (Å²) in [5, 5.41) is 0. The lowest BCUT2D eigenvalue weighted by Gasteiger charge is -2.38. The predicted molar refractivity (Wildman–Crippen MR) is 94.4 cm³/mol. The summed E-state index contributed by atoms with van der Waals surface area (Å²) in [6.07, 6.45) is 3.38. The zero-order valence-corrected chi connectivity index (χ0v) is 14.1. The summed E-state index contributed by atoms with van der Waals surface area (Å²) in [7, 11) is 0. The minimum absolute atomic E-state index is 0.0294. The van der Waals surface area contributed by atoms with E-state index in [1.54, 1.807) is 42.7 Å². The lowest BCUT2D eigenvalue weighted by atomic mass is 9.79. The fourth-order valence-electron chi connectivity index (χ4n) is 3.88. The van der Waals surface area contributed by atoms with Crippen LogP contribution in [0.3, 0.4) is 0 Å². The topological polar surface area (TPSA) is 93.6 Å². The Kier molecular flexibility index (Phi) is 3.95. The number of ketones is 1. The standard InChI is InChI=1S/C20H18N2O4/c21-20(25)12-5-1-2-6-14(12)22-15-7-3-8-16(23)19(15)13(11-18(22)24)17-9-4-10-26-17/h1-2,4-6,9-10,13H,3,7-8,11H2,(H2,21,25). The molecule has 2 heterocycles. The predicted octanol–water partition coefficient (Wildman–Crippen LogP) is 2.91. The van der Waals surface area contributed by atoms with E-state index in [1.807, 2.05) is 0 Å². The highest BCUT2D eigenvalue weighted by molar-refractivity contribution is 6.10. The first-order valence-corrected chi connectivity index (χ1v) is 8.59. The second-order valence-electron chi connectivity index (χ2n) is 6.52. The molecule has 6 heteroatoms. The van der Waals surface area contributed by atoms with E-state index in [2.05, 4.69) is 0 Å². The van der Waals surface area contributed by atoms with Crippen LogP contribution < -0.4 is 10.6 Å². The second kappa shape index (κ2) is 6.29. The molecule has 1 aliphatic carbocycles. The number of hydrogen-bond acceptors (Lipinski definition) is 4. The van der Waals surface area contributed by atoms with Gasteiger partial charge in [0.25, 0.3) is 5.91 Å². The smallest absolute Gasteiger partial charge is 0.250 e. The molecule has 0 saturated carbocycles. The second-order valence-corrected chi connectivity index (χ2v) is 6.52. The maximum absolute atomic E-state index is 13.0. The largest absolute Gasteiger partial charge is 0.469 e. The van der Waals surface area contributed by atoms with Crippen molar-refractivity contribution in [3.63, 3.8) is 0 Å². The summed E-state index contributed by atoms with van der Waals surface area (Å²) in [5.41, 5.74) is 7.47. The normalized spacial score (nSPS) is 20.3. The number of rotatable bonds is 3. The van der Waals surface area contributed by atoms with E-state index in [-0.39, 0.29) is 29.6 Å². The number of hydrogen-bond donors (Lipinski definition) is 1. The Morgan fingerprint density at radius 3 is 2.65 bits per heavy atom. The number of carbonyl (C=O) groups is 3. The van der Waals surface area contributed by atoms with Crippen LogP contribution >= 0.6 is 0 Å². The fraction of sp³-hybridized carbons (Fsp3) is 0.250. The number of benzene rings is 1. The van der Waals surface area contributed by atoms with Gasteiger partial charge in [0, 0.05) is 24.1 Å². The molecule has 1 aliphatic heterocycles. The SMILES string of the molecule is NC(=O)c1ccccc1N1C(=O)CC(c2ccco2)C2=C1CCCC2=O. The van der Waals surface area contributed by atoms with E-state index >= 15 is 0 Å². The molecule has 1 aromatic heterocycles. The molecule has 1 aromatic carbocycles. The molecule has 4 rings (SSSR count). The highest BCUT2D eigenvalue weighted by atomic mass is 16.3. The first-order chi connectivity index (χ1) is 12.6. The van der Waals surface area contributed by atoms with E-state index in [1.165, 1.54) is 4.90 Å². The molecule has 2 N–H and O–H groups in total. The molecule has 0 saturated heterocycles. The van der Waals surface area contributed by atoms with Gasteiger partial charge in [-0.05, 0) is 37.1 Å². The van der Waals surface area contributed by atoms with Gasteiger partial charge in [-0.3, -0.25) is 19.3 Å². The first kappa shape index (κ1) is 16.3. The van der Waals surface area contributed by atoms with Crippen LogP contribution in [0, 0.1) is 0 Å². The van der Waals surface area contributed by atoms with Gasteiger partial charge >= 0.3 is 0 Å². The van der Waals surface area contributed by atoms with Gasteiger partial charge in [-0.25, -0.2) is 0 Å². The molecule has 0 radical (unpaired) electrons. The van der Waals surface area contributed by atoms with Crippen molar-refractivity contribution in [2.75, 3.05) is 4.90 Å². The number of Topliss-reactive ketones (excluding diaryl/α,β-unsaturated/α-hetero) is 1. The zero-order valence-electron chi connectivity index (χ0n) is 14.1. The number of allylic oxidation sites excluding steroid dienone is 2. The van der Waals surface area contributed by atoms with Crippen molar-refractivity contribution >= 4 is 23.3 Å². The van der Waals surface area contributed by atoms with Gasteiger partial charge in [0.1, 0.15) is 5.76 Å². The number of nitrogens with two attached hydrogens (primary N) is 1. The summed E-state index contributed by atoms with van der Waals surface area (Å²) >= 11 is 0. The molecule has 26 heavy (non-hydrogen) atoms. The Hall–Kier alpha value is -3.15. The Morgan fingerprint density at radius 2 is 1.92 bits per heavy atom. The molecule has 0 bridgehead atoms. The molecule has 2 amide bonds. The van der Waals surface area contributed by atoms with E-state index < -0.39 is 5.91 Å². The molecule has 0 spiro atoms. The van der Waals surface area contributed by atoms with E-state index in [0.717, 1.165) is 0 Å². The van der Waals surface area contributed by atoms with Crippen LogP contribution in [-0.4, -0.2) is 17.6 Å². The van der Waals surface area contributed by atoms with Crippen molar-refractivity contribution in [2.45, 2.75) is 31.6 Å². The van der Waals surface area contributed by atoms with Crippen LogP contribution in [0.15, 0.2) is 58.3 Å². The van der Waals surface area contributed by atoms with Gasteiger partial charge in [0.05, 0.1) is 23.4 Å². The Labute approximate surface area is 150 Å². The molecular weight excluding hydrogens is 332 g/mol. The molecule has 2 aromatic rings. The van der Waals surface area contributed by atoms with Crippen molar-refractivity contribution in [2.24, 2.45) is 5.73 Å². The number of primary amides is 1. The summed E-state index contributed by atoms with van der Waals surface area (Å²) in [5.74, 6) is -0.512. The van der Waals surface area contributed by atoms with Gasteiger partial charge < -0.3 is 10.2 Å². The highest BCUT2D eigenvalue weighted by Crippen LogP contribution is 2.43. The Morgan fingerprint density at radius 1 is 1.12 bits per heavy atom. The van der Waals surface area contributed by atoms with Crippen LogP contribution in [0.25, 0.3) is 0 Å². The van der Waals surface area contributed by atoms with Gasteiger partial charge in [-0.2, -0.15) is 0 Å². The molecule has 2 aliphatic rings. The maximum Gasteiger partial charge on any atom is 0.250 e. The number of nitrogens with zero attached hydrogens (tertiary/aromatic N) is 1. The maximum atomic E-state index is 13.0. The third-order valence-corrected chi connectivity index (χ3v) is 4.97. The average molecular weight is 350 g/mol. The Balaban J connectivity index is 1.91.